The Kier molecular flexibility index (Phi) is 2.62. The molecule has 3 N–H and O–H groups in total. The molecule has 0 radical (unpaired) electrons. The first-order chi connectivity index (χ1) is 9.25. The fourth-order valence-electron chi connectivity index (χ4n) is 5.12. The number of oxazole rings is 1. The first-order valence-corrected chi connectivity index (χ1v) is 7.67. The molecule has 0 amide bonds. The van der Waals surface area contributed by atoms with E-state index < -0.39 is 0 Å². The van der Waals surface area contributed by atoms with E-state index in [-0.39, 0.29) is 5.54 Å². The molecule has 4 bridgehead atoms. The van der Waals surface area contributed by atoms with Gasteiger partial charge in [0.1, 0.15) is 6.26 Å². The van der Waals surface area contributed by atoms with Gasteiger partial charge in [-0.25, -0.2) is 0 Å². The van der Waals surface area contributed by atoms with Crippen molar-refractivity contribution in [1.82, 2.24) is 4.98 Å². The monoisotopic (exact) mass is 261 g/mol. The standard InChI is InChI=1S/C15H23N3O/c16-2-1-13-9-19-14(17-13)18-15-6-10-3-11(7-15)5-12(4-10)8-15/h9-12H,1-8,16H2,(H,17,18). The van der Waals surface area contributed by atoms with Crippen LogP contribution in [-0.4, -0.2) is 17.1 Å². The minimum Gasteiger partial charge on any atom is -0.432 e. The summed E-state index contributed by atoms with van der Waals surface area (Å²) in [5.74, 6) is 2.83. The molecule has 4 aliphatic rings. The molecule has 1 heterocycles. The molecule has 0 spiro atoms. The summed E-state index contributed by atoms with van der Waals surface area (Å²) in [6, 6.07) is 0.713. The Bertz CT molecular complexity index is 432. The van der Waals surface area contributed by atoms with Crippen LogP contribution in [-0.2, 0) is 6.42 Å². The van der Waals surface area contributed by atoms with E-state index in [1.54, 1.807) is 6.26 Å². The molecule has 0 aliphatic heterocycles. The molecule has 0 saturated heterocycles. The molecule has 5 rings (SSSR count). The smallest absolute Gasteiger partial charge is 0.295 e. The fraction of sp³-hybridized carbons (Fsp3) is 0.800. The van der Waals surface area contributed by atoms with E-state index >= 15 is 0 Å². The lowest BCUT2D eigenvalue weighted by Gasteiger charge is -2.56. The first kappa shape index (κ1) is 11.8. The lowest BCUT2D eigenvalue weighted by Crippen LogP contribution is -2.54. The number of rotatable bonds is 4. The molecule has 4 aliphatic carbocycles. The van der Waals surface area contributed by atoms with Gasteiger partial charge in [0.05, 0.1) is 5.69 Å². The van der Waals surface area contributed by atoms with Crippen molar-refractivity contribution in [2.75, 3.05) is 11.9 Å². The average molecular weight is 261 g/mol. The van der Waals surface area contributed by atoms with Crippen LogP contribution in [0.5, 0.6) is 0 Å². The maximum Gasteiger partial charge on any atom is 0.295 e. The maximum absolute atomic E-state index is 5.58. The molecule has 4 fully saturated rings. The molecular formula is C15H23N3O. The van der Waals surface area contributed by atoms with Crippen LogP contribution >= 0.6 is 0 Å². The Labute approximate surface area is 114 Å². The van der Waals surface area contributed by atoms with Gasteiger partial charge in [-0.05, 0) is 62.8 Å². The number of hydrogen-bond donors (Lipinski definition) is 2. The third-order valence-corrected chi connectivity index (χ3v) is 5.36. The van der Waals surface area contributed by atoms with Gasteiger partial charge in [-0.15, -0.1) is 0 Å². The van der Waals surface area contributed by atoms with Crippen molar-refractivity contribution in [2.24, 2.45) is 23.5 Å². The number of nitrogens with zero attached hydrogens (tertiary/aromatic N) is 1. The summed E-state index contributed by atoms with van der Waals surface area (Å²) >= 11 is 0. The number of nitrogens with two attached hydrogens (primary N) is 1. The van der Waals surface area contributed by atoms with Gasteiger partial charge in [0.15, 0.2) is 0 Å². The molecule has 0 atom stereocenters. The summed E-state index contributed by atoms with van der Waals surface area (Å²) in [6.07, 6.45) is 10.9. The predicted octanol–water partition coefficient (Wildman–Crippen LogP) is 2.56. The van der Waals surface area contributed by atoms with Gasteiger partial charge in [-0.2, -0.15) is 4.98 Å². The van der Waals surface area contributed by atoms with E-state index in [4.69, 9.17) is 10.2 Å². The van der Waals surface area contributed by atoms with Crippen molar-refractivity contribution in [3.8, 4) is 0 Å². The van der Waals surface area contributed by atoms with Crippen LogP contribution in [0.1, 0.15) is 44.2 Å². The van der Waals surface area contributed by atoms with Gasteiger partial charge in [0.25, 0.3) is 6.01 Å². The minimum absolute atomic E-state index is 0.277. The lowest BCUT2D eigenvalue weighted by atomic mass is 9.53. The number of nitrogens with one attached hydrogen (secondary N) is 1. The predicted molar refractivity (Wildman–Crippen MR) is 73.8 cm³/mol. The Hall–Kier alpha value is -1.03. The largest absolute Gasteiger partial charge is 0.432 e. The second kappa shape index (κ2) is 4.23. The van der Waals surface area contributed by atoms with Crippen LogP contribution in [0.2, 0.25) is 0 Å². The molecular weight excluding hydrogens is 238 g/mol. The van der Waals surface area contributed by atoms with Crippen molar-refractivity contribution in [3.05, 3.63) is 12.0 Å². The summed E-state index contributed by atoms with van der Waals surface area (Å²) in [5, 5.41) is 3.65. The van der Waals surface area contributed by atoms with Gasteiger partial charge >= 0.3 is 0 Å². The molecule has 4 nitrogen and oxygen atoms in total. The van der Waals surface area contributed by atoms with E-state index in [0.717, 1.165) is 29.9 Å². The normalized spacial score (nSPS) is 39.7. The van der Waals surface area contributed by atoms with Crippen molar-refractivity contribution >= 4 is 6.01 Å². The highest BCUT2D eigenvalue weighted by atomic mass is 16.4. The molecule has 0 unspecified atom stereocenters. The second-order valence-corrected chi connectivity index (χ2v) is 7.01. The summed E-state index contributed by atoms with van der Waals surface area (Å²) in [7, 11) is 0. The van der Waals surface area contributed by atoms with Crippen LogP contribution in [0.3, 0.4) is 0 Å². The highest BCUT2D eigenvalue weighted by molar-refractivity contribution is 5.30. The summed E-state index contributed by atoms with van der Waals surface area (Å²) in [4.78, 5) is 4.52. The summed E-state index contributed by atoms with van der Waals surface area (Å²) < 4.78 is 5.58. The highest BCUT2D eigenvalue weighted by Gasteiger charge is 2.51. The van der Waals surface area contributed by atoms with Crippen molar-refractivity contribution in [2.45, 2.75) is 50.5 Å². The molecule has 1 aromatic heterocycles. The van der Waals surface area contributed by atoms with Crippen LogP contribution in [0, 0.1) is 17.8 Å². The lowest BCUT2D eigenvalue weighted by molar-refractivity contribution is 0.00963. The zero-order valence-corrected chi connectivity index (χ0v) is 11.4. The number of aromatic nitrogens is 1. The topological polar surface area (TPSA) is 64.1 Å². The van der Waals surface area contributed by atoms with Crippen LogP contribution in [0.4, 0.5) is 6.01 Å². The molecule has 1 aromatic rings. The molecule has 104 valence electrons. The molecule has 4 saturated carbocycles. The minimum atomic E-state index is 0.277. The fourth-order valence-corrected chi connectivity index (χ4v) is 5.12. The van der Waals surface area contributed by atoms with Crippen molar-refractivity contribution in [3.63, 3.8) is 0 Å². The zero-order valence-electron chi connectivity index (χ0n) is 11.4. The summed E-state index contributed by atoms with van der Waals surface area (Å²) in [6.45, 7) is 0.628. The number of hydrogen-bond acceptors (Lipinski definition) is 4. The average Bonchev–Trinajstić information content (AvgIpc) is 2.74. The quantitative estimate of drug-likeness (QED) is 0.874. The van der Waals surface area contributed by atoms with Crippen LogP contribution < -0.4 is 11.1 Å². The van der Waals surface area contributed by atoms with E-state index in [1.165, 1.54) is 38.5 Å². The first-order valence-electron chi connectivity index (χ1n) is 7.67. The zero-order chi connectivity index (χ0) is 12.9. The van der Waals surface area contributed by atoms with Crippen molar-refractivity contribution < 1.29 is 4.42 Å². The van der Waals surface area contributed by atoms with E-state index in [2.05, 4.69) is 10.3 Å². The van der Waals surface area contributed by atoms with Crippen LogP contribution in [0.25, 0.3) is 0 Å². The van der Waals surface area contributed by atoms with E-state index in [9.17, 15) is 0 Å². The van der Waals surface area contributed by atoms with Gasteiger partial charge in [0.2, 0.25) is 0 Å². The van der Waals surface area contributed by atoms with Gasteiger partial charge < -0.3 is 15.5 Å². The summed E-state index contributed by atoms with van der Waals surface area (Å²) in [5.41, 5.74) is 6.80. The Morgan fingerprint density at radius 3 is 2.42 bits per heavy atom. The molecule has 19 heavy (non-hydrogen) atoms. The third kappa shape index (κ3) is 2.06. The van der Waals surface area contributed by atoms with Gasteiger partial charge in [-0.1, -0.05) is 0 Å². The SMILES string of the molecule is NCCc1coc(NC23CC4CC(CC(C4)C2)C3)n1. The molecule has 0 aromatic carbocycles. The number of anilines is 1. The van der Waals surface area contributed by atoms with Gasteiger partial charge in [0, 0.05) is 12.0 Å². The Morgan fingerprint density at radius 2 is 1.84 bits per heavy atom. The van der Waals surface area contributed by atoms with Crippen LogP contribution in [0.15, 0.2) is 10.7 Å². The maximum atomic E-state index is 5.58. The van der Waals surface area contributed by atoms with E-state index in [0.29, 0.717) is 12.6 Å². The van der Waals surface area contributed by atoms with Gasteiger partial charge in [-0.3, -0.25) is 0 Å². The van der Waals surface area contributed by atoms with E-state index in [1.807, 2.05) is 0 Å². The Balaban J connectivity index is 1.52. The van der Waals surface area contributed by atoms with Crippen molar-refractivity contribution in [1.29, 1.82) is 0 Å². The second-order valence-electron chi connectivity index (χ2n) is 7.01. The third-order valence-electron chi connectivity index (χ3n) is 5.36. The Morgan fingerprint density at radius 1 is 1.21 bits per heavy atom. The molecule has 4 heteroatoms. The highest BCUT2D eigenvalue weighted by Crippen LogP contribution is 2.56.